The molecule has 1 aliphatic heterocycles. The predicted molar refractivity (Wildman–Crippen MR) is 56.3 cm³/mol. The molecule has 0 N–H and O–H groups in total. The number of carbonyl (C=O) groups is 1. The minimum atomic E-state index is -0.135. The highest BCUT2D eigenvalue weighted by Crippen LogP contribution is 2.39. The van der Waals surface area contributed by atoms with E-state index in [-0.39, 0.29) is 11.7 Å². The smallest absolute Gasteiger partial charge is 0.171 e. The summed E-state index contributed by atoms with van der Waals surface area (Å²) in [6.07, 6.45) is 3.60. The number of ketones is 1. The summed E-state index contributed by atoms with van der Waals surface area (Å²) in [6, 6.07) is 9.84. The monoisotopic (exact) mass is 198 g/mol. The van der Waals surface area contributed by atoms with E-state index >= 15 is 0 Å². The molecule has 15 heavy (non-hydrogen) atoms. The van der Waals surface area contributed by atoms with Gasteiger partial charge in [0, 0.05) is 11.6 Å². The summed E-state index contributed by atoms with van der Waals surface area (Å²) in [6.45, 7) is 0.595. The Hall–Kier alpha value is -1.83. The third-order valence-corrected chi connectivity index (χ3v) is 2.83. The molecule has 0 bridgehead atoms. The molecular weight excluding hydrogens is 188 g/mol. The van der Waals surface area contributed by atoms with Gasteiger partial charge in [-0.15, -0.1) is 0 Å². The van der Waals surface area contributed by atoms with Gasteiger partial charge in [0.15, 0.2) is 5.78 Å². The Labute approximate surface area is 87.9 Å². The number of fused-ring (bicyclic) bond motifs is 1. The molecule has 1 unspecified atom stereocenters. The molecule has 1 aliphatic carbocycles. The predicted octanol–water partition coefficient (Wildman–Crippen LogP) is 2.19. The average molecular weight is 198 g/mol. The van der Waals surface area contributed by atoms with Crippen molar-refractivity contribution in [2.24, 2.45) is 0 Å². The number of hydrogen-bond acceptors (Lipinski definition) is 2. The molecule has 0 amide bonds. The lowest BCUT2D eigenvalue weighted by atomic mass is 9.92. The molecule has 0 spiro atoms. The minimum Gasteiger partial charge on any atom is -0.489 e. The van der Waals surface area contributed by atoms with Crippen molar-refractivity contribution in [2.75, 3.05) is 6.61 Å². The summed E-state index contributed by atoms with van der Waals surface area (Å²) in [4.78, 5) is 11.8. The molecular formula is C13H10O2. The molecule has 1 aromatic rings. The maximum Gasteiger partial charge on any atom is 0.171 e. The van der Waals surface area contributed by atoms with E-state index in [1.807, 2.05) is 36.4 Å². The van der Waals surface area contributed by atoms with Crippen molar-refractivity contribution >= 4 is 5.78 Å². The van der Waals surface area contributed by atoms with Crippen LogP contribution in [-0.2, 0) is 9.53 Å². The lowest BCUT2D eigenvalue weighted by molar-refractivity contribution is -0.114. The first-order valence-electron chi connectivity index (χ1n) is 5.00. The topological polar surface area (TPSA) is 26.3 Å². The van der Waals surface area contributed by atoms with E-state index in [0.29, 0.717) is 6.61 Å². The Morgan fingerprint density at radius 1 is 1.20 bits per heavy atom. The van der Waals surface area contributed by atoms with Crippen molar-refractivity contribution in [3.8, 4) is 0 Å². The van der Waals surface area contributed by atoms with Crippen LogP contribution in [0.1, 0.15) is 11.5 Å². The van der Waals surface area contributed by atoms with Crippen LogP contribution in [0.15, 0.2) is 53.8 Å². The summed E-state index contributed by atoms with van der Waals surface area (Å²) in [5.41, 5.74) is 2.08. The van der Waals surface area contributed by atoms with E-state index in [1.165, 1.54) is 0 Å². The van der Waals surface area contributed by atoms with Crippen molar-refractivity contribution in [2.45, 2.75) is 5.92 Å². The van der Waals surface area contributed by atoms with Gasteiger partial charge in [0.2, 0.25) is 0 Å². The number of hydrogen-bond donors (Lipinski definition) is 0. The van der Waals surface area contributed by atoms with Crippen molar-refractivity contribution < 1.29 is 9.53 Å². The maximum absolute atomic E-state index is 11.8. The number of allylic oxidation sites excluding steroid dienone is 2. The van der Waals surface area contributed by atoms with E-state index in [9.17, 15) is 4.79 Å². The third kappa shape index (κ3) is 1.22. The van der Waals surface area contributed by atoms with Crippen LogP contribution in [0.2, 0.25) is 0 Å². The fraction of sp³-hybridized carbons (Fsp3) is 0.154. The van der Waals surface area contributed by atoms with E-state index < -0.39 is 0 Å². The first-order chi connectivity index (χ1) is 7.36. The summed E-state index contributed by atoms with van der Waals surface area (Å²) in [7, 11) is 0. The molecule has 1 atom stereocenters. The van der Waals surface area contributed by atoms with Crippen molar-refractivity contribution in [1.29, 1.82) is 0 Å². The van der Waals surface area contributed by atoms with Crippen LogP contribution in [-0.4, -0.2) is 12.4 Å². The number of carbonyl (C=O) groups excluding carboxylic acids is 1. The van der Waals surface area contributed by atoms with Crippen LogP contribution in [0.4, 0.5) is 0 Å². The standard InChI is InChI=1S/C13H10O2/c14-11-8-12-10(6-7-15-12)13(11)9-4-2-1-3-5-9/h1-6,8,13H,7H2. The molecule has 2 heteroatoms. The Morgan fingerprint density at radius 3 is 2.80 bits per heavy atom. The number of benzene rings is 1. The van der Waals surface area contributed by atoms with E-state index in [0.717, 1.165) is 16.9 Å². The molecule has 1 heterocycles. The summed E-state index contributed by atoms with van der Waals surface area (Å²) in [5, 5.41) is 0. The molecule has 2 aliphatic rings. The second-order valence-corrected chi connectivity index (χ2v) is 3.73. The Bertz CT molecular complexity index is 469. The number of ether oxygens (including phenoxy) is 1. The maximum atomic E-state index is 11.8. The zero-order valence-electron chi connectivity index (χ0n) is 8.14. The molecule has 2 nitrogen and oxygen atoms in total. The second-order valence-electron chi connectivity index (χ2n) is 3.73. The van der Waals surface area contributed by atoms with Crippen LogP contribution >= 0.6 is 0 Å². The van der Waals surface area contributed by atoms with E-state index in [1.54, 1.807) is 6.08 Å². The largest absolute Gasteiger partial charge is 0.489 e. The molecule has 0 saturated heterocycles. The van der Waals surface area contributed by atoms with Crippen molar-refractivity contribution in [3.63, 3.8) is 0 Å². The van der Waals surface area contributed by atoms with E-state index in [4.69, 9.17) is 4.74 Å². The molecule has 0 radical (unpaired) electrons. The normalized spacial score (nSPS) is 23.2. The van der Waals surface area contributed by atoms with Crippen molar-refractivity contribution in [3.05, 3.63) is 59.4 Å². The van der Waals surface area contributed by atoms with Gasteiger partial charge in [0.05, 0.1) is 5.92 Å². The zero-order valence-corrected chi connectivity index (χ0v) is 8.14. The van der Waals surface area contributed by atoms with Gasteiger partial charge in [-0.2, -0.15) is 0 Å². The Balaban J connectivity index is 2.05. The second kappa shape index (κ2) is 3.09. The van der Waals surface area contributed by atoms with Crippen LogP contribution in [0.3, 0.4) is 0 Å². The van der Waals surface area contributed by atoms with Crippen LogP contribution in [0.5, 0.6) is 0 Å². The molecule has 74 valence electrons. The molecule has 0 fully saturated rings. The first kappa shape index (κ1) is 8.48. The highest BCUT2D eigenvalue weighted by atomic mass is 16.5. The number of rotatable bonds is 1. The average Bonchev–Trinajstić information content (AvgIpc) is 2.78. The fourth-order valence-electron chi connectivity index (χ4n) is 2.15. The van der Waals surface area contributed by atoms with Gasteiger partial charge in [0.1, 0.15) is 12.4 Å². The summed E-state index contributed by atoms with van der Waals surface area (Å²) >= 11 is 0. The molecule has 0 saturated carbocycles. The molecule has 1 aromatic carbocycles. The van der Waals surface area contributed by atoms with Gasteiger partial charge < -0.3 is 4.74 Å². The third-order valence-electron chi connectivity index (χ3n) is 2.83. The van der Waals surface area contributed by atoms with Crippen LogP contribution in [0.25, 0.3) is 0 Å². The van der Waals surface area contributed by atoms with Gasteiger partial charge in [0.25, 0.3) is 0 Å². The summed E-state index contributed by atoms with van der Waals surface area (Å²) < 4.78 is 5.35. The Morgan fingerprint density at radius 2 is 2.00 bits per heavy atom. The molecule has 3 rings (SSSR count). The Kier molecular flexibility index (Phi) is 1.75. The highest BCUT2D eigenvalue weighted by molar-refractivity contribution is 6.03. The summed E-state index contributed by atoms with van der Waals surface area (Å²) in [5.74, 6) is 0.750. The SMILES string of the molecule is O=C1C=C2OCC=C2C1c1ccccc1. The van der Waals surface area contributed by atoms with Crippen LogP contribution in [0, 0.1) is 0 Å². The van der Waals surface area contributed by atoms with E-state index in [2.05, 4.69) is 0 Å². The quantitative estimate of drug-likeness (QED) is 0.691. The highest BCUT2D eigenvalue weighted by Gasteiger charge is 2.35. The van der Waals surface area contributed by atoms with Gasteiger partial charge in [-0.25, -0.2) is 0 Å². The lowest BCUT2D eigenvalue weighted by Gasteiger charge is -2.09. The first-order valence-corrected chi connectivity index (χ1v) is 5.00. The van der Waals surface area contributed by atoms with Gasteiger partial charge in [-0.3, -0.25) is 4.79 Å². The van der Waals surface area contributed by atoms with Crippen LogP contribution < -0.4 is 0 Å². The fourth-order valence-corrected chi connectivity index (χ4v) is 2.15. The van der Waals surface area contributed by atoms with Crippen molar-refractivity contribution in [1.82, 2.24) is 0 Å². The minimum absolute atomic E-state index is 0.127. The van der Waals surface area contributed by atoms with Gasteiger partial charge >= 0.3 is 0 Å². The lowest BCUT2D eigenvalue weighted by Crippen LogP contribution is -2.06. The van der Waals surface area contributed by atoms with Gasteiger partial charge in [-0.05, 0) is 11.6 Å². The molecule has 0 aromatic heterocycles. The van der Waals surface area contributed by atoms with Gasteiger partial charge in [-0.1, -0.05) is 30.3 Å². The zero-order chi connectivity index (χ0) is 10.3.